The molecule has 0 radical (unpaired) electrons. The first kappa shape index (κ1) is 20.0. The Bertz CT molecular complexity index is 582. The van der Waals surface area contributed by atoms with Crippen molar-refractivity contribution < 1.29 is 14.3 Å². The molecule has 3 rings (SSSR count). The maximum Gasteiger partial charge on any atom is 0.244 e. The number of hydrogen-bond acceptors (Lipinski definition) is 4. The topological polar surface area (TPSA) is 73.6 Å². The Hall–Kier alpha value is -1.30. The molecule has 140 valence electrons. The number of carbonyl (C=O) groups is 1. The van der Waals surface area contributed by atoms with Gasteiger partial charge in [0.2, 0.25) is 5.91 Å². The number of amides is 1. The highest BCUT2D eigenvalue weighted by molar-refractivity contribution is 5.98. The summed E-state index contributed by atoms with van der Waals surface area (Å²) in [4.78, 5) is 12.5. The van der Waals surface area contributed by atoms with Crippen molar-refractivity contribution in [2.75, 3.05) is 18.5 Å². The smallest absolute Gasteiger partial charge is 0.244 e. The molecule has 1 saturated heterocycles. The molecule has 0 atom stereocenters. The quantitative estimate of drug-likeness (QED) is 0.851. The second-order valence-electron chi connectivity index (χ2n) is 7.08. The van der Waals surface area contributed by atoms with Crippen LogP contribution in [0.1, 0.15) is 50.5 Å². The van der Waals surface area contributed by atoms with Crippen LogP contribution in [0.25, 0.3) is 0 Å². The van der Waals surface area contributed by atoms with E-state index in [0.717, 1.165) is 68.7 Å². The molecule has 1 aromatic rings. The number of anilines is 1. The largest absolute Gasteiger partial charge is 0.490 e. The van der Waals surface area contributed by atoms with Gasteiger partial charge in [-0.2, -0.15) is 0 Å². The van der Waals surface area contributed by atoms with E-state index >= 15 is 0 Å². The molecule has 5 nitrogen and oxygen atoms in total. The first-order valence-electron chi connectivity index (χ1n) is 9.02. The highest BCUT2D eigenvalue weighted by Gasteiger charge is 2.35. The Kier molecular flexibility index (Phi) is 7.11. The van der Waals surface area contributed by atoms with Crippen LogP contribution in [0, 0.1) is 6.92 Å². The molecule has 1 saturated carbocycles. The van der Waals surface area contributed by atoms with Gasteiger partial charge in [-0.1, -0.05) is 19.3 Å². The molecule has 1 amide bonds. The van der Waals surface area contributed by atoms with Gasteiger partial charge in [0.1, 0.15) is 11.9 Å². The van der Waals surface area contributed by atoms with Crippen LogP contribution in [0.4, 0.5) is 5.69 Å². The predicted octanol–water partition coefficient (Wildman–Crippen LogP) is 3.57. The Morgan fingerprint density at radius 3 is 2.56 bits per heavy atom. The van der Waals surface area contributed by atoms with E-state index in [1.807, 2.05) is 25.1 Å². The monoisotopic (exact) mass is 368 g/mol. The van der Waals surface area contributed by atoms with E-state index < -0.39 is 5.54 Å². The number of hydrogen-bond donors (Lipinski definition) is 2. The van der Waals surface area contributed by atoms with E-state index in [1.54, 1.807) is 0 Å². The number of nitrogens with two attached hydrogens (primary N) is 1. The summed E-state index contributed by atoms with van der Waals surface area (Å²) >= 11 is 0. The molecule has 1 aliphatic heterocycles. The Balaban J connectivity index is 0.00000225. The lowest BCUT2D eigenvalue weighted by Gasteiger charge is -2.31. The molecule has 2 aliphatic rings. The van der Waals surface area contributed by atoms with Gasteiger partial charge in [-0.15, -0.1) is 12.4 Å². The van der Waals surface area contributed by atoms with Crippen molar-refractivity contribution in [2.24, 2.45) is 5.73 Å². The fraction of sp³-hybridized carbons (Fsp3) is 0.632. The number of halogens is 1. The van der Waals surface area contributed by atoms with E-state index in [9.17, 15) is 4.79 Å². The van der Waals surface area contributed by atoms with Crippen molar-refractivity contribution in [2.45, 2.75) is 63.5 Å². The van der Waals surface area contributed by atoms with Gasteiger partial charge >= 0.3 is 0 Å². The zero-order chi connectivity index (χ0) is 17.0. The summed E-state index contributed by atoms with van der Waals surface area (Å²) in [6, 6.07) is 5.79. The fourth-order valence-electron chi connectivity index (χ4n) is 3.50. The molecule has 0 unspecified atom stereocenters. The third-order valence-corrected chi connectivity index (χ3v) is 5.09. The van der Waals surface area contributed by atoms with Crippen molar-refractivity contribution in [1.82, 2.24) is 0 Å². The number of rotatable bonds is 4. The molecule has 25 heavy (non-hydrogen) atoms. The molecule has 6 heteroatoms. The number of aryl methyl sites for hydroxylation is 1. The van der Waals surface area contributed by atoms with E-state index in [0.29, 0.717) is 0 Å². The van der Waals surface area contributed by atoms with Crippen molar-refractivity contribution >= 4 is 24.0 Å². The summed E-state index contributed by atoms with van der Waals surface area (Å²) < 4.78 is 11.4. The first-order valence-corrected chi connectivity index (χ1v) is 9.02. The van der Waals surface area contributed by atoms with Crippen LogP contribution in [-0.4, -0.2) is 30.8 Å². The molecule has 0 spiro atoms. The Labute approximate surface area is 156 Å². The highest BCUT2D eigenvalue weighted by atomic mass is 35.5. The lowest BCUT2D eigenvalue weighted by molar-refractivity contribution is -0.122. The average molecular weight is 369 g/mol. The predicted molar refractivity (Wildman–Crippen MR) is 102 cm³/mol. The summed E-state index contributed by atoms with van der Waals surface area (Å²) in [6.45, 7) is 3.52. The Morgan fingerprint density at radius 2 is 1.92 bits per heavy atom. The molecule has 0 bridgehead atoms. The maximum atomic E-state index is 12.5. The second-order valence-corrected chi connectivity index (χ2v) is 7.08. The number of nitrogens with one attached hydrogen (secondary N) is 1. The van der Waals surface area contributed by atoms with E-state index in [-0.39, 0.29) is 24.4 Å². The standard InChI is InChI=1S/C19H28N2O3.ClH/c1-14-13-15(21-18(22)19(20)9-3-2-4-10-19)5-6-17(14)24-16-7-11-23-12-8-16;/h5-6,13,16H,2-4,7-12,20H2,1H3,(H,21,22);1H. The minimum Gasteiger partial charge on any atom is -0.490 e. The van der Waals surface area contributed by atoms with Crippen LogP contribution in [0.2, 0.25) is 0 Å². The van der Waals surface area contributed by atoms with Crippen LogP contribution in [-0.2, 0) is 9.53 Å². The van der Waals surface area contributed by atoms with Gasteiger partial charge in [-0.05, 0) is 43.5 Å². The zero-order valence-corrected chi connectivity index (χ0v) is 15.7. The normalized spacial score (nSPS) is 20.4. The van der Waals surface area contributed by atoms with Gasteiger partial charge in [0.25, 0.3) is 0 Å². The Morgan fingerprint density at radius 1 is 1.24 bits per heavy atom. The van der Waals surface area contributed by atoms with Crippen molar-refractivity contribution in [3.05, 3.63) is 23.8 Å². The maximum absolute atomic E-state index is 12.5. The third kappa shape index (κ3) is 5.09. The van der Waals surface area contributed by atoms with Gasteiger partial charge in [-0.3, -0.25) is 4.79 Å². The van der Waals surface area contributed by atoms with Crippen LogP contribution in [0.3, 0.4) is 0 Å². The van der Waals surface area contributed by atoms with E-state index in [4.69, 9.17) is 15.2 Å². The summed E-state index contributed by atoms with van der Waals surface area (Å²) in [5, 5.41) is 2.98. The summed E-state index contributed by atoms with van der Waals surface area (Å²) in [6.07, 6.45) is 6.82. The lowest BCUT2D eigenvalue weighted by atomic mass is 9.82. The highest BCUT2D eigenvalue weighted by Crippen LogP contribution is 2.29. The minimum atomic E-state index is -0.719. The van der Waals surface area contributed by atoms with Crippen molar-refractivity contribution in [1.29, 1.82) is 0 Å². The average Bonchev–Trinajstić information content (AvgIpc) is 2.59. The molecule has 1 heterocycles. The van der Waals surface area contributed by atoms with Crippen molar-refractivity contribution in [3.8, 4) is 5.75 Å². The third-order valence-electron chi connectivity index (χ3n) is 5.09. The molecule has 0 aromatic heterocycles. The summed E-state index contributed by atoms with van der Waals surface area (Å²) in [5.41, 5.74) is 7.38. The van der Waals surface area contributed by atoms with Crippen LogP contribution in [0.15, 0.2) is 18.2 Å². The molecule has 1 aliphatic carbocycles. The minimum absolute atomic E-state index is 0. The summed E-state index contributed by atoms with van der Waals surface area (Å²) in [7, 11) is 0. The van der Waals surface area contributed by atoms with Gasteiger partial charge < -0.3 is 20.5 Å². The van der Waals surface area contributed by atoms with Gasteiger partial charge in [0, 0.05) is 18.5 Å². The fourth-order valence-corrected chi connectivity index (χ4v) is 3.50. The molecular weight excluding hydrogens is 340 g/mol. The molecule has 3 N–H and O–H groups in total. The van der Waals surface area contributed by atoms with Gasteiger partial charge in [-0.25, -0.2) is 0 Å². The number of ether oxygens (including phenoxy) is 2. The molecular formula is C19H29ClN2O3. The van der Waals surface area contributed by atoms with Gasteiger partial charge in [0.15, 0.2) is 0 Å². The lowest BCUT2D eigenvalue weighted by Crippen LogP contribution is -2.52. The number of benzene rings is 1. The zero-order valence-electron chi connectivity index (χ0n) is 14.9. The molecule has 1 aromatic carbocycles. The van der Waals surface area contributed by atoms with E-state index in [2.05, 4.69) is 5.32 Å². The van der Waals surface area contributed by atoms with Gasteiger partial charge in [0.05, 0.1) is 18.8 Å². The first-order chi connectivity index (χ1) is 11.6. The summed E-state index contributed by atoms with van der Waals surface area (Å²) in [5.74, 6) is 0.805. The van der Waals surface area contributed by atoms with Crippen molar-refractivity contribution in [3.63, 3.8) is 0 Å². The van der Waals surface area contributed by atoms with E-state index in [1.165, 1.54) is 6.42 Å². The van der Waals surface area contributed by atoms with Crippen LogP contribution in [0.5, 0.6) is 5.75 Å². The molecule has 2 fully saturated rings. The number of carbonyl (C=O) groups excluding carboxylic acids is 1. The van der Waals surface area contributed by atoms with Crippen LogP contribution < -0.4 is 15.8 Å². The van der Waals surface area contributed by atoms with Crippen LogP contribution >= 0.6 is 12.4 Å². The second kappa shape index (κ2) is 8.88. The SMILES string of the molecule is Cc1cc(NC(=O)C2(N)CCCCC2)ccc1OC1CCOCC1.Cl.